The molecule has 0 spiro atoms. The number of carbonyl (C=O) groups is 2. The first-order valence-electron chi connectivity index (χ1n) is 6.08. The summed E-state index contributed by atoms with van der Waals surface area (Å²) < 4.78 is 5.32. The second-order valence-corrected chi connectivity index (χ2v) is 4.75. The molecule has 0 fully saturated rings. The number of nitrogens with two attached hydrogens (primary N) is 1. The fourth-order valence-corrected chi connectivity index (χ4v) is 1.77. The maximum absolute atomic E-state index is 11.4. The number of hydrogen-bond acceptors (Lipinski definition) is 3. The molecular weight excluding hydrogens is 244 g/mol. The van der Waals surface area contributed by atoms with Gasteiger partial charge in [0, 0.05) is 19.2 Å². The van der Waals surface area contributed by atoms with E-state index in [0.717, 1.165) is 11.1 Å². The monoisotopic (exact) mass is 264 g/mol. The van der Waals surface area contributed by atoms with E-state index >= 15 is 0 Å². The molecule has 0 saturated heterocycles. The molecule has 0 aromatic heterocycles. The third-order valence-corrected chi connectivity index (χ3v) is 2.94. The van der Waals surface area contributed by atoms with Gasteiger partial charge in [0.2, 0.25) is 0 Å². The number of carbonyl (C=O) groups excluding carboxylic acids is 2. The molecule has 0 bridgehead atoms. The summed E-state index contributed by atoms with van der Waals surface area (Å²) in [7, 11) is 3.11. The zero-order chi connectivity index (χ0) is 14.6. The van der Waals surface area contributed by atoms with Crippen LogP contribution in [-0.4, -0.2) is 30.9 Å². The number of hydrogen-bond donors (Lipinski definition) is 1. The van der Waals surface area contributed by atoms with Gasteiger partial charge in [-0.1, -0.05) is 26.0 Å². The van der Waals surface area contributed by atoms with Gasteiger partial charge < -0.3 is 15.4 Å². The highest BCUT2D eigenvalue weighted by Crippen LogP contribution is 2.25. The van der Waals surface area contributed by atoms with Crippen LogP contribution in [0, 0.1) is 0 Å². The summed E-state index contributed by atoms with van der Waals surface area (Å²) in [6.45, 7) is 4.47. The van der Waals surface area contributed by atoms with E-state index in [1.54, 1.807) is 7.11 Å². The van der Waals surface area contributed by atoms with Gasteiger partial charge in [-0.15, -0.1) is 0 Å². The van der Waals surface area contributed by atoms with Gasteiger partial charge in [-0.2, -0.15) is 0 Å². The Hall–Kier alpha value is -2.04. The van der Waals surface area contributed by atoms with Gasteiger partial charge in [-0.05, 0) is 17.5 Å². The highest BCUT2D eigenvalue weighted by molar-refractivity contribution is 6.34. The molecule has 0 aliphatic rings. The minimum atomic E-state index is -0.958. The summed E-state index contributed by atoms with van der Waals surface area (Å²) in [6, 6.07) is 5.84. The molecule has 0 aliphatic heterocycles. The predicted octanol–water partition coefficient (Wildman–Crippen LogP) is 1.26. The van der Waals surface area contributed by atoms with Crippen LogP contribution in [0.1, 0.15) is 30.9 Å². The molecule has 0 heterocycles. The second kappa shape index (κ2) is 6.22. The number of methoxy groups -OCH3 is 1. The molecule has 5 nitrogen and oxygen atoms in total. The maximum Gasteiger partial charge on any atom is 0.311 e. The van der Waals surface area contributed by atoms with Crippen molar-refractivity contribution < 1.29 is 14.3 Å². The summed E-state index contributed by atoms with van der Waals surface area (Å²) in [6.07, 6.45) is 0. The number of primary amides is 1. The number of ether oxygens (including phenoxy) is 1. The van der Waals surface area contributed by atoms with Crippen LogP contribution < -0.4 is 10.5 Å². The SMILES string of the molecule is COc1cc(C(C)C)ccc1CN(C)C(=O)C(N)=O. The minimum absolute atomic E-state index is 0.281. The first-order valence-corrected chi connectivity index (χ1v) is 6.08. The first kappa shape index (κ1) is 15.0. The smallest absolute Gasteiger partial charge is 0.311 e. The van der Waals surface area contributed by atoms with E-state index in [1.807, 2.05) is 18.2 Å². The minimum Gasteiger partial charge on any atom is -0.496 e. The van der Waals surface area contributed by atoms with Crippen LogP contribution in [0.3, 0.4) is 0 Å². The lowest BCUT2D eigenvalue weighted by Gasteiger charge is -2.18. The van der Waals surface area contributed by atoms with Crippen LogP contribution in [0.2, 0.25) is 0 Å². The van der Waals surface area contributed by atoms with E-state index < -0.39 is 11.8 Å². The van der Waals surface area contributed by atoms with Crippen molar-refractivity contribution in [1.82, 2.24) is 4.90 Å². The molecule has 1 rings (SSSR count). The van der Waals surface area contributed by atoms with Crippen LogP contribution in [-0.2, 0) is 16.1 Å². The average molecular weight is 264 g/mol. The van der Waals surface area contributed by atoms with E-state index in [4.69, 9.17) is 10.5 Å². The molecular formula is C14H20N2O3. The molecule has 0 saturated carbocycles. The molecule has 5 heteroatoms. The van der Waals surface area contributed by atoms with Gasteiger partial charge >= 0.3 is 11.8 Å². The Morgan fingerprint density at radius 1 is 1.37 bits per heavy atom. The van der Waals surface area contributed by atoms with Gasteiger partial charge in [0.1, 0.15) is 5.75 Å². The van der Waals surface area contributed by atoms with Crippen molar-refractivity contribution >= 4 is 11.8 Å². The Kier molecular flexibility index (Phi) is 4.92. The van der Waals surface area contributed by atoms with Crippen molar-refractivity contribution in [2.75, 3.05) is 14.2 Å². The highest BCUT2D eigenvalue weighted by Gasteiger charge is 2.17. The Balaban J connectivity index is 2.95. The van der Waals surface area contributed by atoms with Crippen molar-refractivity contribution in [3.8, 4) is 5.75 Å². The number of amides is 2. The molecule has 104 valence electrons. The first-order chi connectivity index (χ1) is 8.86. The molecule has 1 aromatic carbocycles. The number of benzene rings is 1. The number of rotatable bonds is 4. The van der Waals surface area contributed by atoms with E-state index in [1.165, 1.54) is 11.9 Å². The molecule has 19 heavy (non-hydrogen) atoms. The zero-order valence-electron chi connectivity index (χ0n) is 11.8. The Labute approximate surface area is 113 Å². The summed E-state index contributed by atoms with van der Waals surface area (Å²) in [5, 5.41) is 0. The summed E-state index contributed by atoms with van der Waals surface area (Å²) in [5.74, 6) is -0.571. The Morgan fingerprint density at radius 3 is 2.47 bits per heavy atom. The lowest BCUT2D eigenvalue weighted by atomic mass is 10.0. The van der Waals surface area contributed by atoms with Crippen molar-refractivity contribution in [2.45, 2.75) is 26.3 Å². The van der Waals surface area contributed by atoms with Crippen LogP contribution >= 0.6 is 0 Å². The molecule has 0 aliphatic carbocycles. The average Bonchev–Trinajstić information content (AvgIpc) is 2.37. The van der Waals surface area contributed by atoms with Gasteiger partial charge in [0.15, 0.2) is 0 Å². The fraction of sp³-hybridized carbons (Fsp3) is 0.429. The molecule has 2 amide bonds. The summed E-state index contributed by atoms with van der Waals surface area (Å²) >= 11 is 0. The van der Waals surface area contributed by atoms with Gasteiger partial charge in [-0.3, -0.25) is 9.59 Å². The van der Waals surface area contributed by atoms with Crippen LogP contribution in [0.15, 0.2) is 18.2 Å². The number of nitrogens with zero attached hydrogens (tertiary/aromatic N) is 1. The quantitative estimate of drug-likeness (QED) is 0.832. The van der Waals surface area contributed by atoms with E-state index in [9.17, 15) is 9.59 Å². The normalized spacial score (nSPS) is 10.4. The van der Waals surface area contributed by atoms with Crippen molar-refractivity contribution in [1.29, 1.82) is 0 Å². The van der Waals surface area contributed by atoms with Crippen molar-refractivity contribution in [3.63, 3.8) is 0 Å². The third kappa shape index (κ3) is 3.71. The van der Waals surface area contributed by atoms with E-state index in [-0.39, 0.29) is 6.54 Å². The van der Waals surface area contributed by atoms with Gasteiger partial charge in [0.25, 0.3) is 0 Å². The van der Waals surface area contributed by atoms with Crippen molar-refractivity contribution in [3.05, 3.63) is 29.3 Å². The molecule has 0 unspecified atom stereocenters. The third-order valence-electron chi connectivity index (χ3n) is 2.94. The van der Waals surface area contributed by atoms with Gasteiger partial charge in [0.05, 0.1) is 7.11 Å². The predicted molar refractivity (Wildman–Crippen MR) is 72.8 cm³/mol. The molecule has 0 radical (unpaired) electrons. The lowest BCUT2D eigenvalue weighted by molar-refractivity contribution is -0.143. The second-order valence-electron chi connectivity index (χ2n) is 4.75. The Morgan fingerprint density at radius 2 is 2.00 bits per heavy atom. The van der Waals surface area contributed by atoms with Gasteiger partial charge in [-0.25, -0.2) is 0 Å². The largest absolute Gasteiger partial charge is 0.496 e. The Bertz CT molecular complexity index is 484. The molecule has 1 aromatic rings. The number of likely N-dealkylation sites (N-methyl/N-ethyl adjacent to an activating group) is 1. The molecule has 2 N–H and O–H groups in total. The van der Waals surface area contributed by atoms with Crippen LogP contribution in [0.4, 0.5) is 0 Å². The van der Waals surface area contributed by atoms with Crippen molar-refractivity contribution in [2.24, 2.45) is 5.73 Å². The molecule has 0 atom stereocenters. The lowest BCUT2D eigenvalue weighted by Crippen LogP contribution is -2.37. The summed E-state index contributed by atoms with van der Waals surface area (Å²) in [4.78, 5) is 23.5. The highest BCUT2D eigenvalue weighted by atomic mass is 16.5. The van der Waals surface area contributed by atoms with Crippen LogP contribution in [0.5, 0.6) is 5.75 Å². The fourth-order valence-electron chi connectivity index (χ4n) is 1.77. The topological polar surface area (TPSA) is 72.6 Å². The van der Waals surface area contributed by atoms with E-state index in [0.29, 0.717) is 11.7 Å². The zero-order valence-corrected chi connectivity index (χ0v) is 11.8. The van der Waals surface area contributed by atoms with Crippen LogP contribution in [0.25, 0.3) is 0 Å². The summed E-state index contributed by atoms with van der Waals surface area (Å²) in [5.41, 5.74) is 6.96. The maximum atomic E-state index is 11.4. The van der Waals surface area contributed by atoms with E-state index in [2.05, 4.69) is 13.8 Å². The standard InChI is InChI=1S/C14H20N2O3/c1-9(2)10-5-6-11(12(7-10)19-4)8-16(3)14(18)13(15)17/h5-7,9H,8H2,1-4H3,(H2,15,17).